The van der Waals surface area contributed by atoms with Crippen molar-refractivity contribution in [3.63, 3.8) is 0 Å². The highest BCUT2D eigenvalue weighted by atomic mass is 16.6. The maximum atomic E-state index is 12.2. The highest BCUT2D eigenvalue weighted by Crippen LogP contribution is 2.31. The molecule has 3 N–H and O–H groups in total. The minimum Gasteiger partial charge on any atom is -0.325 e. The third kappa shape index (κ3) is 3.08. The second-order valence-corrected chi connectivity index (χ2v) is 5.58. The van der Waals surface area contributed by atoms with Gasteiger partial charge in [-0.1, -0.05) is 12.1 Å². The molecule has 0 bridgehead atoms. The van der Waals surface area contributed by atoms with Crippen LogP contribution in [0.1, 0.15) is 27.7 Å². The van der Waals surface area contributed by atoms with Gasteiger partial charge in [0.15, 0.2) is 0 Å². The van der Waals surface area contributed by atoms with Crippen LogP contribution in [0, 0.1) is 15.5 Å². The summed E-state index contributed by atoms with van der Waals surface area (Å²) in [6.07, 6.45) is 0. The van der Waals surface area contributed by atoms with E-state index in [0.717, 1.165) is 0 Å². The minimum absolute atomic E-state index is 0.138. The molecule has 1 amide bonds. The largest absolute Gasteiger partial charge is 0.325 e. The minimum atomic E-state index is -0.864. The van der Waals surface area contributed by atoms with Crippen molar-refractivity contribution in [2.24, 2.45) is 11.1 Å². The number of nitrogens with one attached hydrogen (secondary N) is 1. The summed E-state index contributed by atoms with van der Waals surface area (Å²) in [4.78, 5) is 22.6. The first kappa shape index (κ1) is 15.1. The normalized spacial score (nSPS) is 12.1. The Labute approximate surface area is 112 Å². The van der Waals surface area contributed by atoms with Crippen molar-refractivity contribution in [1.82, 2.24) is 0 Å². The Morgan fingerprint density at radius 1 is 1.26 bits per heavy atom. The van der Waals surface area contributed by atoms with Crippen LogP contribution in [0.15, 0.2) is 24.3 Å². The van der Waals surface area contributed by atoms with Gasteiger partial charge in [0, 0.05) is 11.6 Å². The van der Waals surface area contributed by atoms with Gasteiger partial charge in [0.25, 0.3) is 5.69 Å². The summed E-state index contributed by atoms with van der Waals surface area (Å²) in [5.74, 6) is -0.352. The number of para-hydroxylation sites is 2. The van der Waals surface area contributed by atoms with Gasteiger partial charge in [-0.15, -0.1) is 0 Å². The summed E-state index contributed by atoms with van der Waals surface area (Å²) in [7, 11) is 0. The SMILES string of the molecule is CC(C)(N)C(C)(C)C(=O)Nc1ccccc1[N+](=O)[O-]. The van der Waals surface area contributed by atoms with E-state index in [0.29, 0.717) is 0 Å². The molecule has 0 aliphatic carbocycles. The van der Waals surface area contributed by atoms with Gasteiger partial charge in [0.1, 0.15) is 5.69 Å². The molecule has 0 aliphatic heterocycles. The molecule has 0 aliphatic rings. The number of nitro groups is 1. The van der Waals surface area contributed by atoms with Crippen LogP contribution in [0.2, 0.25) is 0 Å². The van der Waals surface area contributed by atoms with Gasteiger partial charge >= 0.3 is 0 Å². The first-order valence-corrected chi connectivity index (χ1v) is 5.91. The van der Waals surface area contributed by atoms with Crippen LogP contribution in [-0.4, -0.2) is 16.4 Å². The molecule has 0 fully saturated rings. The molecule has 0 unspecified atom stereocenters. The number of benzene rings is 1. The van der Waals surface area contributed by atoms with Crippen molar-refractivity contribution in [3.05, 3.63) is 34.4 Å². The summed E-state index contributed by atoms with van der Waals surface area (Å²) in [5, 5.41) is 13.5. The smallest absolute Gasteiger partial charge is 0.292 e. The van der Waals surface area contributed by atoms with Gasteiger partial charge in [-0.2, -0.15) is 0 Å². The van der Waals surface area contributed by atoms with E-state index in [9.17, 15) is 14.9 Å². The van der Waals surface area contributed by atoms with Gasteiger partial charge in [0.2, 0.25) is 5.91 Å². The molecule has 0 saturated carbocycles. The highest BCUT2D eigenvalue weighted by molar-refractivity contribution is 5.97. The Balaban J connectivity index is 3.05. The van der Waals surface area contributed by atoms with Crippen LogP contribution in [0.3, 0.4) is 0 Å². The zero-order valence-corrected chi connectivity index (χ0v) is 11.6. The van der Waals surface area contributed by atoms with Crippen molar-refractivity contribution in [1.29, 1.82) is 0 Å². The van der Waals surface area contributed by atoms with E-state index in [1.54, 1.807) is 39.8 Å². The number of nitro benzene ring substituents is 1. The van der Waals surface area contributed by atoms with E-state index >= 15 is 0 Å². The molecule has 1 aromatic carbocycles. The molecule has 104 valence electrons. The third-order valence-corrected chi connectivity index (χ3v) is 3.53. The van der Waals surface area contributed by atoms with Crippen LogP contribution in [-0.2, 0) is 4.79 Å². The fraction of sp³-hybridized carbons (Fsp3) is 0.462. The summed E-state index contributed by atoms with van der Waals surface area (Å²) < 4.78 is 0. The molecule has 0 aromatic heterocycles. The topological polar surface area (TPSA) is 98.3 Å². The Bertz CT molecular complexity index is 504. The van der Waals surface area contributed by atoms with E-state index in [2.05, 4.69) is 5.32 Å². The molecule has 6 heteroatoms. The van der Waals surface area contributed by atoms with Crippen LogP contribution in [0.5, 0.6) is 0 Å². The van der Waals surface area contributed by atoms with Crippen molar-refractivity contribution in [2.45, 2.75) is 33.2 Å². The van der Waals surface area contributed by atoms with E-state index < -0.39 is 15.9 Å². The van der Waals surface area contributed by atoms with Gasteiger partial charge in [0.05, 0.1) is 10.3 Å². The zero-order chi connectivity index (χ0) is 14.8. The van der Waals surface area contributed by atoms with Gasteiger partial charge in [-0.25, -0.2) is 0 Å². The number of nitrogens with two attached hydrogens (primary N) is 1. The number of amides is 1. The Morgan fingerprint density at radius 2 is 1.79 bits per heavy atom. The summed E-state index contributed by atoms with van der Waals surface area (Å²) in [6, 6.07) is 6.01. The lowest BCUT2D eigenvalue weighted by Crippen LogP contribution is -2.53. The van der Waals surface area contributed by atoms with Crippen molar-refractivity contribution in [3.8, 4) is 0 Å². The first-order chi connectivity index (χ1) is 8.57. The molecule has 1 rings (SSSR count). The monoisotopic (exact) mass is 265 g/mol. The first-order valence-electron chi connectivity index (χ1n) is 5.91. The van der Waals surface area contributed by atoms with Gasteiger partial charge < -0.3 is 11.1 Å². The van der Waals surface area contributed by atoms with Crippen LogP contribution < -0.4 is 11.1 Å². The standard InChI is InChI=1S/C13H19N3O3/c1-12(2,13(3,4)14)11(17)15-9-7-5-6-8-10(9)16(18)19/h5-8H,14H2,1-4H3,(H,15,17). The lowest BCUT2D eigenvalue weighted by molar-refractivity contribution is -0.383. The average Bonchev–Trinajstić information content (AvgIpc) is 2.27. The molecular formula is C13H19N3O3. The predicted octanol–water partition coefficient (Wildman–Crippen LogP) is 2.30. The lowest BCUT2D eigenvalue weighted by atomic mass is 9.74. The highest BCUT2D eigenvalue weighted by Gasteiger charge is 2.40. The summed E-state index contributed by atoms with van der Waals surface area (Å²) >= 11 is 0. The number of nitrogens with zero attached hydrogens (tertiary/aromatic N) is 1. The number of hydrogen-bond acceptors (Lipinski definition) is 4. The van der Waals surface area contributed by atoms with E-state index in [1.807, 2.05) is 0 Å². The van der Waals surface area contributed by atoms with Crippen molar-refractivity contribution >= 4 is 17.3 Å². The molecule has 1 aromatic rings. The summed E-state index contributed by atoms with van der Waals surface area (Å²) in [5.41, 5.74) is 4.40. The molecule has 19 heavy (non-hydrogen) atoms. The quantitative estimate of drug-likeness (QED) is 0.644. The Kier molecular flexibility index (Phi) is 3.95. The van der Waals surface area contributed by atoms with Crippen LogP contribution in [0.4, 0.5) is 11.4 Å². The maximum absolute atomic E-state index is 12.2. The number of anilines is 1. The third-order valence-electron chi connectivity index (χ3n) is 3.53. The second-order valence-electron chi connectivity index (χ2n) is 5.58. The van der Waals surface area contributed by atoms with E-state index in [1.165, 1.54) is 12.1 Å². The second kappa shape index (κ2) is 4.97. The molecule has 0 radical (unpaired) electrons. The molecular weight excluding hydrogens is 246 g/mol. The average molecular weight is 265 g/mol. The zero-order valence-electron chi connectivity index (χ0n) is 11.6. The molecule has 0 atom stereocenters. The number of hydrogen-bond donors (Lipinski definition) is 2. The Morgan fingerprint density at radius 3 is 2.26 bits per heavy atom. The Hall–Kier alpha value is -1.95. The number of carbonyl (C=O) groups excluding carboxylic acids is 1. The van der Waals surface area contributed by atoms with Crippen molar-refractivity contribution < 1.29 is 9.72 Å². The molecule has 6 nitrogen and oxygen atoms in total. The summed E-state index contributed by atoms with van der Waals surface area (Å²) in [6.45, 7) is 6.90. The van der Waals surface area contributed by atoms with Crippen LogP contribution in [0.25, 0.3) is 0 Å². The van der Waals surface area contributed by atoms with E-state index in [-0.39, 0.29) is 17.3 Å². The lowest BCUT2D eigenvalue weighted by Gasteiger charge is -2.36. The van der Waals surface area contributed by atoms with Crippen LogP contribution >= 0.6 is 0 Å². The fourth-order valence-electron chi connectivity index (χ4n) is 1.31. The maximum Gasteiger partial charge on any atom is 0.292 e. The molecule has 0 spiro atoms. The number of rotatable bonds is 4. The molecule has 0 saturated heterocycles. The van der Waals surface area contributed by atoms with Gasteiger partial charge in [-0.3, -0.25) is 14.9 Å². The van der Waals surface area contributed by atoms with E-state index in [4.69, 9.17) is 5.73 Å². The fourth-order valence-corrected chi connectivity index (χ4v) is 1.31. The number of carbonyl (C=O) groups is 1. The molecule has 0 heterocycles. The van der Waals surface area contributed by atoms with Crippen molar-refractivity contribution in [2.75, 3.05) is 5.32 Å². The predicted molar refractivity (Wildman–Crippen MR) is 73.8 cm³/mol. The van der Waals surface area contributed by atoms with Gasteiger partial charge in [-0.05, 0) is 33.8 Å².